The molecule has 0 saturated heterocycles. The topological polar surface area (TPSA) is 127 Å². The zero-order valence-electron chi connectivity index (χ0n) is 18.9. The third kappa shape index (κ3) is 5.19. The summed E-state index contributed by atoms with van der Waals surface area (Å²) >= 11 is 0. The van der Waals surface area contributed by atoms with Crippen LogP contribution in [0.5, 0.6) is 0 Å². The number of nitro groups is 1. The minimum absolute atomic E-state index is 0.100. The molecule has 3 aromatic rings. The van der Waals surface area contributed by atoms with Crippen molar-refractivity contribution in [2.45, 2.75) is 20.8 Å². The van der Waals surface area contributed by atoms with E-state index >= 15 is 0 Å². The molecule has 1 aromatic heterocycles. The van der Waals surface area contributed by atoms with Crippen LogP contribution in [0.2, 0.25) is 0 Å². The monoisotopic (exact) mass is 458 g/mol. The standard InChI is InChI=1S/C25H22N4O5/c1-4-34-25(31)18-5-9-22(10-6-18)28-16(2)13-19(17(28)3)14-20(15-26)24(30)27-21-7-11-23(12-8-21)29(32)33/h5-14H,4H2,1-3H3,(H,27,30). The molecule has 0 bridgehead atoms. The molecular formula is C25H22N4O5. The number of nitrogens with one attached hydrogen (secondary N) is 1. The molecule has 0 unspecified atom stereocenters. The maximum absolute atomic E-state index is 12.6. The van der Waals surface area contributed by atoms with Crippen molar-refractivity contribution < 1.29 is 19.2 Å². The van der Waals surface area contributed by atoms with E-state index in [0.717, 1.165) is 17.1 Å². The molecule has 34 heavy (non-hydrogen) atoms. The number of nitro benzene ring substituents is 1. The van der Waals surface area contributed by atoms with Gasteiger partial charge in [-0.25, -0.2) is 4.79 Å². The molecule has 172 valence electrons. The number of aromatic nitrogens is 1. The van der Waals surface area contributed by atoms with Gasteiger partial charge in [-0.15, -0.1) is 0 Å². The van der Waals surface area contributed by atoms with E-state index in [1.807, 2.05) is 30.6 Å². The molecule has 2 aromatic carbocycles. The highest BCUT2D eigenvalue weighted by atomic mass is 16.6. The minimum atomic E-state index is -0.625. The Morgan fingerprint density at radius 1 is 1.15 bits per heavy atom. The number of amides is 1. The molecular weight excluding hydrogens is 436 g/mol. The number of hydrogen-bond donors (Lipinski definition) is 1. The summed E-state index contributed by atoms with van der Waals surface area (Å²) in [6.07, 6.45) is 1.49. The van der Waals surface area contributed by atoms with Gasteiger partial charge < -0.3 is 14.6 Å². The largest absolute Gasteiger partial charge is 0.462 e. The van der Waals surface area contributed by atoms with Crippen LogP contribution in [0, 0.1) is 35.3 Å². The molecule has 0 atom stereocenters. The maximum atomic E-state index is 12.6. The van der Waals surface area contributed by atoms with Crippen LogP contribution in [0.4, 0.5) is 11.4 Å². The Bertz CT molecular complexity index is 1310. The third-order valence-corrected chi connectivity index (χ3v) is 5.11. The van der Waals surface area contributed by atoms with E-state index in [-0.39, 0.29) is 11.3 Å². The minimum Gasteiger partial charge on any atom is -0.462 e. The summed E-state index contributed by atoms with van der Waals surface area (Å²) in [6.45, 7) is 5.80. The zero-order chi connectivity index (χ0) is 24.8. The summed E-state index contributed by atoms with van der Waals surface area (Å²) in [5.74, 6) is -1.02. The van der Waals surface area contributed by atoms with Gasteiger partial charge in [0, 0.05) is 34.9 Å². The zero-order valence-corrected chi connectivity index (χ0v) is 18.9. The van der Waals surface area contributed by atoms with E-state index in [9.17, 15) is 25.0 Å². The second kappa shape index (κ2) is 10.3. The van der Waals surface area contributed by atoms with Gasteiger partial charge in [0.15, 0.2) is 0 Å². The highest BCUT2D eigenvalue weighted by Gasteiger charge is 2.15. The SMILES string of the molecule is CCOC(=O)c1ccc(-n2c(C)cc(C=C(C#N)C(=O)Nc3ccc([N+](=O)[O-])cc3)c2C)cc1. The van der Waals surface area contributed by atoms with Crippen molar-refractivity contribution in [3.8, 4) is 11.8 Å². The molecule has 1 N–H and O–H groups in total. The van der Waals surface area contributed by atoms with Gasteiger partial charge in [-0.2, -0.15) is 5.26 Å². The molecule has 0 saturated carbocycles. The van der Waals surface area contributed by atoms with Crippen molar-refractivity contribution in [2.75, 3.05) is 11.9 Å². The fourth-order valence-electron chi connectivity index (χ4n) is 3.46. The maximum Gasteiger partial charge on any atom is 0.338 e. The highest BCUT2D eigenvalue weighted by Crippen LogP contribution is 2.24. The molecule has 3 rings (SSSR count). The Hall–Kier alpha value is -4.71. The molecule has 1 amide bonds. The first-order valence-corrected chi connectivity index (χ1v) is 10.4. The number of ether oxygens (including phenoxy) is 1. The van der Waals surface area contributed by atoms with Gasteiger partial charge in [-0.1, -0.05) is 0 Å². The number of carbonyl (C=O) groups excluding carboxylic acids is 2. The number of hydrogen-bond acceptors (Lipinski definition) is 6. The Labute approximate surface area is 196 Å². The van der Waals surface area contributed by atoms with Crippen LogP contribution in [-0.2, 0) is 9.53 Å². The van der Waals surface area contributed by atoms with Crippen LogP contribution in [0.1, 0.15) is 34.2 Å². The van der Waals surface area contributed by atoms with Gasteiger partial charge in [-0.05, 0) is 74.9 Å². The average molecular weight is 458 g/mol. The van der Waals surface area contributed by atoms with Gasteiger partial charge in [0.1, 0.15) is 11.6 Å². The number of carbonyl (C=O) groups is 2. The first kappa shape index (κ1) is 23.9. The molecule has 0 aliphatic heterocycles. The van der Waals surface area contributed by atoms with Crippen LogP contribution in [0.3, 0.4) is 0 Å². The number of esters is 1. The third-order valence-electron chi connectivity index (χ3n) is 5.11. The van der Waals surface area contributed by atoms with Gasteiger partial charge in [-0.3, -0.25) is 14.9 Å². The molecule has 0 radical (unpaired) electrons. The summed E-state index contributed by atoms with van der Waals surface area (Å²) in [5.41, 5.74) is 3.75. The second-order valence-corrected chi connectivity index (χ2v) is 7.36. The van der Waals surface area contributed by atoms with E-state index in [2.05, 4.69) is 5.32 Å². The fraction of sp³-hybridized carbons (Fsp3) is 0.160. The molecule has 0 fully saturated rings. The van der Waals surface area contributed by atoms with Gasteiger partial charge in [0.05, 0.1) is 17.1 Å². The lowest BCUT2D eigenvalue weighted by Crippen LogP contribution is -2.13. The molecule has 1 heterocycles. The lowest BCUT2D eigenvalue weighted by Gasteiger charge is -2.10. The average Bonchev–Trinajstić information content (AvgIpc) is 3.10. The Morgan fingerprint density at radius 3 is 2.35 bits per heavy atom. The molecule has 9 heteroatoms. The van der Waals surface area contributed by atoms with Crippen LogP contribution in [0.15, 0.2) is 60.2 Å². The summed E-state index contributed by atoms with van der Waals surface area (Å²) in [5, 5.41) is 22.9. The Kier molecular flexibility index (Phi) is 7.23. The van der Waals surface area contributed by atoms with E-state index in [4.69, 9.17) is 4.74 Å². The summed E-state index contributed by atoms with van der Waals surface area (Å²) in [4.78, 5) is 34.7. The van der Waals surface area contributed by atoms with E-state index in [1.165, 1.54) is 30.3 Å². The lowest BCUT2D eigenvalue weighted by molar-refractivity contribution is -0.384. The number of aryl methyl sites for hydroxylation is 1. The van der Waals surface area contributed by atoms with Crippen LogP contribution >= 0.6 is 0 Å². The number of anilines is 1. The van der Waals surface area contributed by atoms with Crippen LogP contribution in [-0.4, -0.2) is 28.0 Å². The molecule has 0 aliphatic rings. The van der Waals surface area contributed by atoms with Crippen molar-refractivity contribution in [1.29, 1.82) is 5.26 Å². The lowest BCUT2D eigenvalue weighted by atomic mass is 10.1. The summed E-state index contributed by atoms with van der Waals surface area (Å²) in [7, 11) is 0. The number of benzene rings is 2. The van der Waals surface area contributed by atoms with Crippen LogP contribution < -0.4 is 5.32 Å². The quantitative estimate of drug-likeness (QED) is 0.179. The fourth-order valence-corrected chi connectivity index (χ4v) is 3.46. The predicted molar refractivity (Wildman–Crippen MR) is 127 cm³/mol. The van der Waals surface area contributed by atoms with E-state index in [1.54, 1.807) is 31.2 Å². The molecule has 0 aliphatic carbocycles. The number of nitrogens with zero attached hydrogens (tertiary/aromatic N) is 3. The first-order valence-electron chi connectivity index (χ1n) is 10.4. The van der Waals surface area contributed by atoms with Gasteiger partial charge in [0.2, 0.25) is 0 Å². The second-order valence-electron chi connectivity index (χ2n) is 7.36. The molecule has 9 nitrogen and oxygen atoms in total. The number of rotatable bonds is 7. The van der Waals surface area contributed by atoms with Crippen molar-refractivity contribution in [1.82, 2.24) is 4.57 Å². The predicted octanol–water partition coefficient (Wildman–Crippen LogP) is 4.72. The van der Waals surface area contributed by atoms with E-state index < -0.39 is 16.8 Å². The molecule has 0 spiro atoms. The smallest absolute Gasteiger partial charge is 0.338 e. The van der Waals surface area contributed by atoms with Gasteiger partial charge >= 0.3 is 5.97 Å². The van der Waals surface area contributed by atoms with Gasteiger partial charge in [0.25, 0.3) is 11.6 Å². The normalized spacial score (nSPS) is 10.9. The Balaban J connectivity index is 1.85. The number of nitriles is 1. The van der Waals surface area contributed by atoms with Crippen LogP contribution in [0.25, 0.3) is 11.8 Å². The summed E-state index contributed by atoms with van der Waals surface area (Å²) < 4.78 is 6.96. The summed E-state index contributed by atoms with van der Waals surface area (Å²) in [6, 6.07) is 16.1. The number of non-ortho nitro benzene ring substituents is 1. The van der Waals surface area contributed by atoms with Crippen molar-refractivity contribution in [2.24, 2.45) is 0 Å². The van der Waals surface area contributed by atoms with E-state index in [0.29, 0.717) is 23.4 Å². The Morgan fingerprint density at radius 2 is 1.79 bits per heavy atom. The highest BCUT2D eigenvalue weighted by molar-refractivity contribution is 6.09. The van der Waals surface area contributed by atoms with Crippen molar-refractivity contribution >= 4 is 29.3 Å². The first-order chi connectivity index (χ1) is 16.2. The van der Waals surface area contributed by atoms with Crippen molar-refractivity contribution in [3.63, 3.8) is 0 Å². The van der Waals surface area contributed by atoms with Crippen molar-refractivity contribution in [3.05, 3.63) is 92.8 Å².